The Hall–Kier alpha value is -0.880. The minimum atomic E-state index is 0.141. The Balaban J connectivity index is 2.02. The van der Waals surface area contributed by atoms with E-state index in [-0.39, 0.29) is 6.61 Å². The van der Waals surface area contributed by atoms with Gasteiger partial charge in [-0.15, -0.1) is 11.3 Å². The zero-order chi connectivity index (χ0) is 13.0. The maximum Gasteiger partial charge on any atom is 0.0931 e. The maximum absolute atomic E-state index is 9.13. The minimum absolute atomic E-state index is 0.141. The predicted octanol–water partition coefficient (Wildman–Crippen LogP) is 2.43. The van der Waals surface area contributed by atoms with E-state index >= 15 is 0 Å². The number of aryl methyl sites for hydroxylation is 1. The molecule has 98 valence electrons. The van der Waals surface area contributed by atoms with Crippen molar-refractivity contribution in [3.63, 3.8) is 0 Å². The number of aliphatic hydroxyl groups excluding tert-OH is 1. The highest BCUT2D eigenvalue weighted by atomic mass is 35.5. The van der Waals surface area contributed by atoms with E-state index in [4.69, 9.17) is 16.7 Å². The fourth-order valence-electron chi connectivity index (χ4n) is 1.77. The molecule has 0 amide bonds. The second kappa shape index (κ2) is 6.33. The highest BCUT2D eigenvalue weighted by Crippen LogP contribution is 2.23. The van der Waals surface area contributed by atoms with Crippen LogP contribution in [0.25, 0.3) is 0 Å². The summed E-state index contributed by atoms with van der Waals surface area (Å²) in [6, 6.07) is 3.92. The number of hydrogen-bond acceptors (Lipinski definition) is 4. The molecule has 0 saturated heterocycles. The van der Waals surface area contributed by atoms with Gasteiger partial charge in [-0.2, -0.15) is 0 Å². The third kappa shape index (κ3) is 3.55. The molecule has 0 spiro atoms. The zero-order valence-electron chi connectivity index (χ0n) is 10.2. The van der Waals surface area contributed by atoms with Gasteiger partial charge in [0, 0.05) is 30.2 Å². The van der Waals surface area contributed by atoms with E-state index in [1.54, 1.807) is 17.7 Å². The molecule has 0 aliphatic carbocycles. The Morgan fingerprint density at radius 2 is 2.28 bits per heavy atom. The van der Waals surface area contributed by atoms with Crippen LogP contribution in [0.2, 0.25) is 4.34 Å². The molecule has 4 nitrogen and oxygen atoms in total. The number of nitrogens with one attached hydrogen (secondary N) is 1. The van der Waals surface area contributed by atoms with Crippen molar-refractivity contribution in [2.75, 3.05) is 13.2 Å². The molecule has 0 aromatic carbocycles. The fraction of sp³-hybridized carbons (Fsp3) is 0.417. The molecule has 18 heavy (non-hydrogen) atoms. The van der Waals surface area contributed by atoms with Crippen LogP contribution in [0, 0.1) is 6.92 Å². The van der Waals surface area contributed by atoms with Gasteiger partial charge in [0.1, 0.15) is 0 Å². The van der Waals surface area contributed by atoms with E-state index in [1.807, 2.05) is 19.1 Å². The van der Waals surface area contributed by atoms with Gasteiger partial charge >= 0.3 is 0 Å². The molecular formula is C12H16ClN3OS. The molecule has 2 aromatic heterocycles. The van der Waals surface area contributed by atoms with Crippen LogP contribution in [0.1, 0.15) is 16.3 Å². The Morgan fingerprint density at radius 1 is 1.44 bits per heavy atom. The Bertz CT molecular complexity index is 497. The monoisotopic (exact) mass is 285 g/mol. The second-order valence-corrected chi connectivity index (χ2v) is 5.91. The average molecular weight is 286 g/mol. The second-order valence-electron chi connectivity index (χ2n) is 4.11. The normalized spacial score (nSPS) is 11.3. The van der Waals surface area contributed by atoms with Crippen molar-refractivity contribution in [1.82, 2.24) is 14.9 Å². The standard InChI is InChI=1S/C12H16ClN3OS/c1-9-11(15-8-14-9)7-16(4-5-17)6-10-2-3-12(13)18-10/h2-3,8,17H,4-7H2,1H3,(H,14,15). The molecule has 0 aliphatic heterocycles. The molecule has 0 unspecified atom stereocenters. The van der Waals surface area contributed by atoms with Gasteiger partial charge in [0.15, 0.2) is 0 Å². The van der Waals surface area contributed by atoms with E-state index in [0.29, 0.717) is 6.54 Å². The number of aliphatic hydroxyl groups is 1. The Kier molecular flexibility index (Phi) is 4.77. The van der Waals surface area contributed by atoms with E-state index in [9.17, 15) is 0 Å². The van der Waals surface area contributed by atoms with Gasteiger partial charge in [-0.25, -0.2) is 4.98 Å². The summed E-state index contributed by atoms with van der Waals surface area (Å²) in [5.74, 6) is 0. The predicted molar refractivity (Wildman–Crippen MR) is 73.9 cm³/mol. The molecule has 0 fully saturated rings. The summed E-state index contributed by atoms with van der Waals surface area (Å²) < 4.78 is 0.796. The minimum Gasteiger partial charge on any atom is -0.395 e. The molecule has 2 rings (SSSR count). The Morgan fingerprint density at radius 3 is 2.83 bits per heavy atom. The number of H-pyrrole nitrogens is 1. The highest BCUT2D eigenvalue weighted by molar-refractivity contribution is 7.16. The lowest BCUT2D eigenvalue weighted by molar-refractivity contribution is 0.184. The maximum atomic E-state index is 9.13. The van der Waals surface area contributed by atoms with Gasteiger partial charge in [0.2, 0.25) is 0 Å². The van der Waals surface area contributed by atoms with Crippen LogP contribution in [-0.2, 0) is 13.1 Å². The third-order valence-corrected chi connectivity index (χ3v) is 3.95. The van der Waals surface area contributed by atoms with Crippen molar-refractivity contribution in [1.29, 1.82) is 0 Å². The van der Waals surface area contributed by atoms with Gasteiger partial charge in [0.05, 0.1) is 23.0 Å². The zero-order valence-corrected chi connectivity index (χ0v) is 11.8. The molecule has 0 radical (unpaired) electrons. The fourth-order valence-corrected chi connectivity index (χ4v) is 2.90. The molecule has 2 N–H and O–H groups in total. The van der Waals surface area contributed by atoms with Gasteiger partial charge in [0.25, 0.3) is 0 Å². The van der Waals surface area contributed by atoms with E-state index < -0.39 is 0 Å². The summed E-state index contributed by atoms with van der Waals surface area (Å²) in [6.07, 6.45) is 1.70. The number of rotatable bonds is 6. The number of hydrogen-bond donors (Lipinski definition) is 2. The van der Waals surface area contributed by atoms with E-state index in [2.05, 4.69) is 14.9 Å². The van der Waals surface area contributed by atoms with Crippen LogP contribution < -0.4 is 0 Å². The van der Waals surface area contributed by atoms with E-state index in [0.717, 1.165) is 28.8 Å². The first-order chi connectivity index (χ1) is 8.69. The molecular weight excluding hydrogens is 270 g/mol. The van der Waals surface area contributed by atoms with Crippen LogP contribution in [0.3, 0.4) is 0 Å². The highest BCUT2D eigenvalue weighted by Gasteiger charge is 2.11. The number of nitrogens with zero attached hydrogens (tertiary/aromatic N) is 2. The Labute approximate surface area is 115 Å². The van der Waals surface area contributed by atoms with E-state index in [1.165, 1.54) is 4.88 Å². The van der Waals surface area contributed by atoms with Crippen LogP contribution >= 0.6 is 22.9 Å². The van der Waals surface area contributed by atoms with Crippen molar-refractivity contribution < 1.29 is 5.11 Å². The van der Waals surface area contributed by atoms with Crippen molar-refractivity contribution in [3.8, 4) is 0 Å². The summed E-state index contributed by atoms with van der Waals surface area (Å²) >= 11 is 7.49. The van der Waals surface area contributed by atoms with Gasteiger partial charge in [-0.1, -0.05) is 11.6 Å². The molecule has 2 aromatic rings. The van der Waals surface area contributed by atoms with Crippen LogP contribution in [0.4, 0.5) is 0 Å². The summed E-state index contributed by atoms with van der Waals surface area (Å²) in [5, 5.41) is 9.13. The molecule has 0 bridgehead atoms. The summed E-state index contributed by atoms with van der Waals surface area (Å²) in [6.45, 7) is 4.28. The third-order valence-electron chi connectivity index (χ3n) is 2.73. The summed E-state index contributed by atoms with van der Waals surface area (Å²) in [5.41, 5.74) is 2.09. The first-order valence-electron chi connectivity index (χ1n) is 5.75. The van der Waals surface area contributed by atoms with Crippen molar-refractivity contribution in [2.45, 2.75) is 20.0 Å². The topological polar surface area (TPSA) is 52.2 Å². The number of imidazole rings is 1. The number of aromatic nitrogens is 2. The summed E-state index contributed by atoms with van der Waals surface area (Å²) in [7, 11) is 0. The average Bonchev–Trinajstić information content (AvgIpc) is 2.90. The van der Waals surface area contributed by atoms with Crippen molar-refractivity contribution in [3.05, 3.63) is 39.1 Å². The number of thiophene rings is 1. The molecule has 0 saturated carbocycles. The van der Waals surface area contributed by atoms with Crippen LogP contribution in [0.15, 0.2) is 18.5 Å². The lowest BCUT2D eigenvalue weighted by atomic mass is 10.3. The summed E-state index contributed by atoms with van der Waals surface area (Å²) in [4.78, 5) is 10.7. The molecule has 0 atom stereocenters. The number of halogens is 1. The van der Waals surface area contributed by atoms with Gasteiger partial charge < -0.3 is 10.1 Å². The van der Waals surface area contributed by atoms with Crippen LogP contribution in [-0.4, -0.2) is 33.1 Å². The van der Waals surface area contributed by atoms with Gasteiger partial charge in [-0.05, 0) is 19.1 Å². The number of aromatic amines is 1. The molecule has 2 heterocycles. The molecule has 0 aliphatic rings. The van der Waals surface area contributed by atoms with Crippen molar-refractivity contribution in [2.24, 2.45) is 0 Å². The lowest BCUT2D eigenvalue weighted by Crippen LogP contribution is -2.26. The largest absolute Gasteiger partial charge is 0.395 e. The van der Waals surface area contributed by atoms with Crippen molar-refractivity contribution >= 4 is 22.9 Å². The lowest BCUT2D eigenvalue weighted by Gasteiger charge is -2.19. The molecule has 6 heteroatoms. The first-order valence-corrected chi connectivity index (χ1v) is 6.94. The van der Waals surface area contributed by atoms with Crippen LogP contribution in [0.5, 0.6) is 0 Å². The smallest absolute Gasteiger partial charge is 0.0931 e. The quantitative estimate of drug-likeness (QED) is 0.857. The first kappa shape index (κ1) is 13.5. The van der Waals surface area contributed by atoms with Gasteiger partial charge in [-0.3, -0.25) is 4.90 Å². The SMILES string of the molecule is Cc1[nH]cnc1CN(CCO)Cc1ccc(Cl)s1.